The number of anilines is 1. The molecule has 0 bridgehead atoms. The first kappa shape index (κ1) is 12.8. The smallest absolute Gasteiger partial charge is 0.142 e. The molecule has 1 aromatic carbocycles. The second kappa shape index (κ2) is 5.41. The lowest BCUT2D eigenvalue weighted by Crippen LogP contribution is -2.46. The second-order valence-corrected chi connectivity index (χ2v) is 5.70. The van der Waals surface area contributed by atoms with E-state index in [9.17, 15) is 0 Å². The van der Waals surface area contributed by atoms with Gasteiger partial charge in [0.25, 0.3) is 0 Å². The standard InChI is InChI=1S/C16H24N2O/c1-3-12-4-5-16(19-2)15(10-12)18-9-7-13-6-8-17-14(13)11-18/h4-5,10,13-14,17H,3,6-9,11H2,1-2H3. The van der Waals surface area contributed by atoms with Crippen molar-refractivity contribution in [2.45, 2.75) is 32.2 Å². The molecule has 1 aromatic rings. The molecule has 0 aliphatic carbocycles. The molecule has 2 fully saturated rings. The van der Waals surface area contributed by atoms with E-state index in [1.807, 2.05) is 0 Å². The zero-order valence-electron chi connectivity index (χ0n) is 12.0. The first-order valence-electron chi connectivity index (χ1n) is 7.47. The van der Waals surface area contributed by atoms with Gasteiger partial charge in [0, 0.05) is 19.1 Å². The minimum absolute atomic E-state index is 0.670. The monoisotopic (exact) mass is 260 g/mol. The second-order valence-electron chi connectivity index (χ2n) is 5.70. The van der Waals surface area contributed by atoms with Gasteiger partial charge < -0.3 is 15.0 Å². The first-order valence-corrected chi connectivity index (χ1v) is 7.47. The number of rotatable bonds is 3. The molecule has 104 valence electrons. The van der Waals surface area contributed by atoms with Crippen molar-refractivity contribution in [3.8, 4) is 5.75 Å². The van der Waals surface area contributed by atoms with Crippen LogP contribution < -0.4 is 15.0 Å². The highest BCUT2D eigenvalue weighted by Crippen LogP contribution is 2.34. The largest absolute Gasteiger partial charge is 0.495 e. The van der Waals surface area contributed by atoms with Gasteiger partial charge in [-0.3, -0.25) is 0 Å². The molecule has 0 amide bonds. The highest BCUT2D eigenvalue weighted by molar-refractivity contribution is 5.60. The summed E-state index contributed by atoms with van der Waals surface area (Å²) in [4.78, 5) is 2.50. The maximum atomic E-state index is 5.55. The van der Waals surface area contributed by atoms with Crippen LogP contribution in [0.5, 0.6) is 5.75 Å². The van der Waals surface area contributed by atoms with Crippen LogP contribution in [-0.4, -0.2) is 32.8 Å². The quantitative estimate of drug-likeness (QED) is 0.903. The van der Waals surface area contributed by atoms with Crippen molar-refractivity contribution < 1.29 is 4.74 Å². The van der Waals surface area contributed by atoms with Crippen molar-refractivity contribution in [1.29, 1.82) is 0 Å². The molecule has 0 radical (unpaired) electrons. The molecule has 2 saturated heterocycles. The number of hydrogen-bond donors (Lipinski definition) is 1. The van der Waals surface area contributed by atoms with Crippen LogP contribution >= 0.6 is 0 Å². The molecule has 2 aliphatic heterocycles. The third-order valence-electron chi connectivity index (χ3n) is 4.67. The van der Waals surface area contributed by atoms with E-state index in [4.69, 9.17) is 4.74 Å². The lowest BCUT2D eigenvalue weighted by molar-refractivity contribution is 0.367. The van der Waals surface area contributed by atoms with Crippen LogP contribution in [0.4, 0.5) is 5.69 Å². The van der Waals surface area contributed by atoms with Crippen molar-refractivity contribution in [2.75, 3.05) is 31.6 Å². The summed E-state index contributed by atoms with van der Waals surface area (Å²) in [7, 11) is 1.77. The van der Waals surface area contributed by atoms with Crippen LogP contribution in [0.25, 0.3) is 0 Å². The summed E-state index contributed by atoms with van der Waals surface area (Å²) < 4.78 is 5.55. The van der Waals surface area contributed by atoms with E-state index in [0.29, 0.717) is 6.04 Å². The summed E-state index contributed by atoms with van der Waals surface area (Å²) in [5.41, 5.74) is 2.66. The Morgan fingerprint density at radius 3 is 3.05 bits per heavy atom. The molecule has 2 aliphatic rings. The third-order valence-corrected chi connectivity index (χ3v) is 4.67. The van der Waals surface area contributed by atoms with Crippen molar-refractivity contribution >= 4 is 5.69 Å². The number of piperidine rings is 1. The van der Waals surface area contributed by atoms with E-state index in [-0.39, 0.29) is 0 Å². The van der Waals surface area contributed by atoms with Crippen LogP contribution in [0.1, 0.15) is 25.3 Å². The minimum atomic E-state index is 0.670. The van der Waals surface area contributed by atoms with E-state index >= 15 is 0 Å². The van der Waals surface area contributed by atoms with E-state index in [0.717, 1.165) is 31.2 Å². The van der Waals surface area contributed by atoms with Crippen LogP contribution in [0.2, 0.25) is 0 Å². The number of ether oxygens (including phenoxy) is 1. The topological polar surface area (TPSA) is 24.5 Å². The van der Waals surface area contributed by atoms with Gasteiger partial charge in [-0.25, -0.2) is 0 Å². The average Bonchev–Trinajstić information content (AvgIpc) is 2.93. The maximum absolute atomic E-state index is 5.55. The van der Waals surface area contributed by atoms with Crippen molar-refractivity contribution in [2.24, 2.45) is 5.92 Å². The van der Waals surface area contributed by atoms with Gasteiger partial charge in [0.2, 0.25) is 0 Å². The Kier molecular flexibility index (Phi) is 3.65. The van der Waals surface area contributed by atoms with E-state index in [2.05, 4.69) is 35.3 Å². The van der Waals surface area contributed by atoms with Crippen LogP contribution in [0.3, 0.4) is 0 Å². The Bertz CT molecular complexity index is 446. The van der Waals surface area contributed by atoms with Crippen LogP contribution in [0, 0.1) is 5.92 Å². The Morgan fingerprint density at radius 2 is 2.26 bits per heavy atom. The van der Waals surface area contributed by atoms with Crippen LogP contribution in [0.15, 0.2) is 18.2 Å². The minimum Gasteiger partial charge on any atom is -0.495 e. The Hall–Kier alpha value is -1.22. The first-order chi connectivity index (χ1) is 9.31. The molecule has 0 saturated carbocycles. The molecule has 1 N–H and O–H groups in total. The van der Waals surface area contributed by atoms with Gasteiger partial charge in [0.05, 0.1) is 12.8 Å². The molecule has 0 aromatic heterocycles. The number of hydrogen-bond acceptors (Lipinski definition) is 3. The van der Waals surface area contributed by atoms with Gasteiger partial charge in [0.15, 0.2) is 0 Å². The third kappa shape index (κ3) is 2.44. The van der Waals surface area contributed by atoms with Gasteiger partial charge in [-0.2, -0.15) is 0 Å². The van der Waals surface area contributed by atoms with Gasteiger partial charge in [0.1, 0.15) is 5.75 Å². The zero-order chi connectivity index (χ0) is 13.2. The average molecular weight is 260 g/mol. The lowest BCUT2D eigenvalue weighted by Gasteiger charge is -2.37. The predicted molar refractivity (Wildman–Crippen MR) is 79.1 cm³/mol. The molecule has 2 atom stereocenters. The summed E-state index contributed by atoms with van der Waals surface area (Å²) in [5, 5.41) is 3.64. The lowest BCUT2D eigenvalue weighted by atomic mass is 9.92. The van der Waals surface area contributed by atoms with Crippen molar-refractivity contribution in [3.05, 3.63) is 23.8 Å². The van der Waals surface area contributed by atoms with E-state index < -0.39 is 0 Å². The molecule has 2 heterocycles. The SMILES string of the molecule is CCc1ccc(OC)c(N2CCC3CCNC3C2)c1. The van der Waals surface area contributed by atoms with Crippen LogP contribution in [-0.2, 0) is 6.42 Å². The fraction of sp³-hybridized carbons (Fsp3) is 0.625. The summed E-state index contributed by atoms with van der Waals surface area (Å²) >= 11 is 0. The van der Waals surface area contributed by atoms with E-state index in [1.165, 1.54) is 30.6 Å². The van der Waals surface area contributed by atoms with Gasteiger partial charge >= 0.3 is 0 Å². The summed E-state index contributed by atoms with van der Waals surface area (Å²) in [6.07, 6.45) is 3.73. The summed E-state index contributed by atoms with van der Waals surface area (Å²) in [5.74, 6) is 1.89. The van der Waals surface area contributed by atoms with Crippen molar-refractivity contribution in [3.63, 3.8) is 0 Å². The molecule has 2 unspecified atom stereocenters. The zero-order valence-corrected chi connectivity index (χ0v) is 12.0. The molecular formula is C16H24N2O. The molecule has 3 heteroatoms. The van der Waals surface area contributed by atoms with Gasteiger partial charge in [-0.15, -0.1) is 0 Å². The summed E-state index contributed by atoms with van der Waals surface area (Å²) in [6.45, 7) is 5.67. The Labute approximate surface area is 115 Å². The van der Waals surface area contributed by atoms with E-state index in [1.54, 1.807) is 7.11 Å². The fourth-order valence-corrected chi connectivity index (χ4v) is 3.45. The number of benzene rings is 1. The number of nitrogens with one attached hydrogen (secondary N) is 1. The van der Waals surface area contributed by atoms with Crippen molar-refractivity contribution in [1.82, 2.24) is 5.32 Å². The maximum Gasteiger partial charge on any atom is 0.142 e. The molecular weight excluding hydrogens is 236 g/mol. The molecule has 3 nitrogen and oxygen atoms in total. The van der Waals surface area contributed by atoms with Gasteiger partial charge in [-0.05, 0) is 49.4 Å². The normalized spacial score (nSPS) is 26.3. The summed E-state index contributed by atoms with van der Waals surface area (Å²) in [6, 6.07) is 7.25. The Balaban J connectivity index is 1.84. The Morgan fingerprint density at radius 1 is 1.37 bits per heavy atom. The highest BCUT2D eigenvalue weighted by atomic mass is 16.5. The van der Waals surface area contributed by atoms with Gasteiger partial charge in [-0.1, -0.05) is 13.0 Å². The predicted octanol–water partition coefficient (Wildman–Crippen LogP) is 2.45. The molecule has 0 spiro atoms. The number of fused-ring (bicyclic) bond motifs is 1. The number of nitrogens with zero attached hydrogens (tertiary/aromatic N) is 1. The molecule has 3 rings (SSSR count). The fourth-order valence-electron chi connectivity index (χ4n) is 3.45. The molecule has 19 heavy (non-hydrogen) atoms. The number of aryl methyl sites for hydroxylation is 1. The number of methoxy groups -OCH3 is 1. The highest BCUT2D eigenvalue weighted by Gasteiger charge is 2.33.